The smallest absolute Gasteiger partial charge is 0.384 e. The van der Waals surface area contributed by atoms with Crippen LogP contribution in [0.5, 0.6) is 0 Å². The number of hydrogen-bond acceptors (Lipinski definition) is 6. The third-order valence-corrected chi connectivity index (χ3v) is 6.26. The fourth-order valence-electron chi connectivity index (χ4n) is 3.59. The number of thiazole rings is 1. The van der Waals surface area contributed by atoms with E-state index in [9.17, 15) is 18.0 Å². The van der Waals surface area contributed by atoms with Crippen LogP contribution in [0.3, 0.4) is 0 Å². The van der Waals surface area contributed by atoms with Crippen molar-refractivity contribution in [2.75, 3.05) is 23.8 Å². The molecule has 0 saturated heterocycles. The lowest BCUT2D eigenvalue weighted by Crippen LogP contribution is -2.31. The number of anilines is 2. The number of amides is 1. The number of halogens is 3. The van der Waals surface area contributed by atoms with Crippen molar-refractivity contribution in [1.29, 1.82) is 0 Å². The van der Waals surface area contributed by atoms with E-state index in [1.807, 2.05) is 18.2 Å². The third-order valence-electron chi connectivity index (χ3n) is 5.20. The summed E-state index contributed by atoms with van der Waals surface area (Å²) in [5, 5.41) is 15.6. The van der Waals surface area contributed by atoms with Gasteiger partial charge in [-0.25, -0.2) is 4.98 Å². The highest BCUT2D eigenvalue weighted by molar-refractivity contribution is 7.19. The first-order valence-electron chi connectivity index (χ1n) is 10.4. The zero-order chi connectivity index (χ0) is 24.3. The minimum atomic E-state index is -4.37. The Morgan fingerprint density at radius 3 is 2.71 bits per heavy atom. The van der Waals surface area contributed by atoms with Crippen molar-refractivity contribution >= 4 is 28.1 Å². The summed E-state index contributed by atoms with van der Waals surface area (Å²) < 4.78 is 38.2. The molecule has 1 aliphatic heterocycles. The van der Waals surface area contributed by atoms with Crippen molar-refractivity contribution in [3.63, 3.8) is 0 Å². The molecule has 0 spiro atoms. The zero-order valence-electron chi connectivity index (χ0n) is 17.9. The van der Waals surface area contributed by atoms with Gasteiger partial charge in [0.2, 0.25) is 5.91 Å². The number of hydrogen-bond donors (Lipinski definition) is 4. The summed E-state index contributed by atoms with van der Waals surface area (Å²) in [4.78, 5) is 17.0. The standard InChI is InChI=1S/C24H21F3N4O2S/c25-24(26,27)17-6-3-14(4-7-17)10-18(28)13-29-23-31-20(2-1-9-32)22(34-23)15-5-8-19-16(11-15)12-21(33)30-19/h3-8,11,18,32H,9-10,12-13,28H2,(H,29,31)(H,30,33)/t18-/m1/s1. The summed E-state index contributed by atoms with van der Waals surface area (Å²) in [5.74, 6) is 5.41. The summed E-state index contributed by atoms with van der Waals surface area (Å²) in [6, 6.07) is 10.2. The molecular formula is C24H21F3N4O2S. The molecule has 0 saturated carbocycles. The van der Waals surface area contributed by atoms with Gasteiger partial charge in [0.25, 0.3) is 0 Å². The zero-order valence-corrected chi connectivity index (χ0v) is 18.7. The predicted octanol–water partition coefficient (Wildman–Crippen LogP) is 3.65. The molecule has 3 aromatic rings. The Morgan fingerprint density at radius 2 is 2.00 bits per heavy atom. The molecule has 0 bridgehead atoms. The normalized spacial score (nSPS) is 13.6. The molecule has 2 heterocycles. The van der Waals surface area contributed by atoms with E-state index in [0.29, 0.717) is 35.8 Å². The van der Waals surface area contributed by atoms with Crippen LogP contribution in [-0.2, 0) is 23.8 Å². The number of aromatic nitrogens is 1. The Balaban J connectivity index is 1.46. The van der Waals surface area contributed by atoms with E-state index < -0.39 is 11.7 Å². The Morgan fingerprint density at radius 1 is 1.24 bits per heavy atom. The van der Waals surface area contributed by atoms with Gasteiger partial charge < -0.3 is 21.5 Å². The van der Waals surface area contributed by atoms with Crippen molar-refractivity contribution in [2.24, 2.45) is 5.73 Å². The molecule has 176 valence electrons. The van der Waals surface area contributed by atoms with E-state index in [1.54, 1.807) is 0 Å². The highest BCUT2D eigenvalue weighted by atomic mass is 32.1. The Hall–Kier alpha value is -3.39. The fourth-order valence-corrected chi connectivity index (χ4v) is 4.52. The first kappa shape index (κ1) is 23.8. The second-order valence-corrected chi connectivity index (χ2v) is 8.79. The number of nitrogens with two attached hydrogens (primary N) is 1. The minimum Gasteiger partial charge on any atom is -0.384 e. The lowest BCUT2D eigenvalue weighted by atomic mass is 10.0. The van der Waals surface area contributed by atoms with Crippen LogP contribution in [0.1, 0.15) is 22.4 Å². The van der Waals surface area contributed by atoms with Crippen LogP contribution in [0.15, 0.2) is 42.5 Å². The van der Waals surface area contributed by atoms with Crippen molar-refractivity contribution in [2.45, 2.75) is 25.1 Å². The monoisotopic (exact) mass is 486 g/mol. The van der Waals surface area contributed by atoms with Crippen molar-refractivity contribution < 1.29 is 23.1 Å². The lowest BCUT2D eigenvalue weighted by Gasteiger charge is -2.13. The largest absolute Gasteiger partial charge is 0.416 e. The molecule has 1 aromatic heterocycles. The maximum Gasteiger partial charge on any atom is 0.416 e. The van der Waals surface area contributed by atoms with E-state index in [0.717, 1.165) is 33.8 Å². The van der Waals surface area contributed by atoms with Crippen LogP contribution in [0.25, 0.3) is 10.4 Å². The van der Waals surface area contributed by atoms with E-state index in [4.69, 9.17) is 10.8 Å². The molecule has 1 aliphatic rings. The molecule has 34 heavy (non-hydrogen) atoms. The van der Waals surface area contributed by atoms with Crippen LogP contribution in [0, 0.1) is 11.8 Å². The summed E-state index contributed by atoms with van der Waals surface area (Å²) >= 11 is 1.37. The number of rotatable bonds is 6. The van der Waals surface area contributed by atoms with Gasteiger partial charge >= 0.3 is 6.18 Å². The molecule has 2 aromatic carbocycles. The number of aliphatic hydroxyl groups excluding tert-OH is 1. The van der Waals surface area contributed by atoms with Gasteiger partial charge in [0.1, 0.15) is 12.3 Å². The number of fused-ring (bicyclic) bond motifs is 1. The Bertz CT molecular complexity index is 1260. The van der Waals surface area contributed by atoms with Crippen molar-refractivity contribution in [3.05, 3.63) is 64.8 Å². The molecule has 1 amide bonds. The van der Waals surface area contributed by atoms with E-state index in [1.165, 1.54) is 23.5 Å². The van der Waals surface area contributed by atoms with Gasteiger partial charge in [-0.15, -0.1) is 0 Å². The minimum absolute atomic E-state index is 0.0545. The summed E-state index contributed by atoms with van der Waals surface area (Å²) in [7, 11) is 0. The van der Waals surface area contributed by atoms with Gasteiger partial charge in [0.05, 0.1) is 16.9 Å². The van der Waals surface area contributed by atoms with Crippen LogP contribution in [0.4, 0.5) is 24.0 Å². The molecule has 4 rings (SSSR count). The highest BCUT2D eigenvalue weighted by Gasteiger charge is 2.30. The number of nitrogens with zero attached hydrogens (tertiary/aromatic N) is 1. The van der Waals surface area contributed by atoms with Crippen LogP contribution >= 0.6 is 11.3 Å². The number of carbonyl (C=O) groups excluding carboxylic acids is 1. The molecular weight excluding hydrogens is 465 g/mol. The number of benzene rings is 2. The maximum atomic E-state index is 12.7. The number of carbonyl (C=O) groups is 1. The van der Waals surface area contributed by atoms with Crippen molar-refractivity contribution in [1.82, 2.24) is 4.98 Å². The molecule has 5 N–H and O–H groups in total. The van der Waals surface area contributed by atoms with Gasteiger partial charge in [0, 0.05) is 18.3 Å². The number of aliphatic hydroxyl groups is 1. The first-order chi connectivity index (χ1) is 16.2. The van der Waals surface area contributed by atoms with Crippen LogP contribution in [0.2, 0.25) is 0 Å². The number of alkyl halides is 3. The highest BCUT2D eigenvalue weighted by Crippen LogP contribution is 2.36. The predicted molar refractivity (Wildman–Crippen MR) is 125 cm³/mol. The number of nitrogens with one attached hydrogen (secondary N) is 2. The maximum absolute atomic E-state index is 12.7. The topological polar surface area (TPSA) is 100 Å². The Kier molecular flexibility index (Phi) is 6.88. The van der Waals surface area contributed by atoms with E-state index in [-0.39, 0.29) is 18.6 Å². The molecule has 6 nitrogen and oxygen atoms in total. The molecule has 1 atom stereocenters. The van der Waals surface area contributed by atoms with E-state index >= 15 is 0 Å². The van der Waals surface area contributed by atoms with Gasteiger partial charge in [-0.1, -0.05) is 35.5 Å². The van der Waals surface area contributed by atoms with Gasteiger partial charge in [0.15, 0.2) is 5.13 Å². The summed E-state index contributed by atoms with van der Waals surface area (Å²) in [6.07, 6.45) is -3.66. The quantitative estimate of drug-likeness (QED) is 0.399. The van der Waals surface area contributed by atoms with E-state index in [2.05, 4.69) is 27.5 Å². The third kappa shape index (κ3) is 5.56. The lowest BCUT2D eigenvalue weighted by molar-refractivity contribution is -0.137. The first-order valence-corrected chi connectivity index (χ1v) is 11.2. The molecule has 0 unspecified atom stereocenters. The average molecular weight is 487 g/mol. The molecule has 0 aliphatic carbocycles. The summed E-state index contributed by atoms with van der Waals surface area (Å²) in [5.41, 5.74) is 9.23. The van der Waals surface area contributed by atoms with Crippen molar-refractivity contribution in [3.8, 4) is 22.3 Å². The average Bonchev–Trinajstić information content (AvgIpc) is 3.37. The van der Waals surface area contributed by atoms with Gasteiger partial charge in [-0.05, 0) is 53.3 Å². The second kappa shape index (κ2) is 9.85. The van der Waals surface area contributed by atoms with Crippen LogP contribution in [-0.4, -0.2) is 35.2 Å². The summed E-state index contributed by atoms with van der Waals surface area (Å²) in [6.45, 7) is 0.0454. The van der Waals surface area contributed by atoms with Gasteiger partial charge in [-0.2, -0.15) is 13.2 Å². The second-order valence-electron chi connectivity index (χ2n) is 7.79. The fraction of sp³-hybridized carbons (Fsp3) is 0.250. The molecule has 0 fully saturated rings. The van der Waals surface area contributed by atoms with Gasteiger partial charge in [-0.3, -0.25) is 4.79 Å². The van der Waals surface area contributed by atoms with Crippen LogP contribution < -0.4 is 16.4 Å². The SMILES string of the molecule is N[C@@H](CNc1nc(C#CCO)c(-c2ccc3c(c2)CC(=O)N3)s1)Cc1ccc(C(F)(F)F)cc1. The molecule has 10 heteroatoms. The Labute approximate surface area is 198 Å². The molecule has 0 radical (unpaired) electrons.